The van der Waals surface area contributed by atoms with Crippen LogP contribution in [0, 0.1) is 0 Å². The number of rotatable bonds is 4. The summed E-state index contributed by atoms with van der Waals surface area (Å²) in [6.45, 7) is 7.71. The molecule has 2 aromatic rings. The van der Waals surface area contributed by atoms with E-state index in [-0.39, 0.29) is 0 Å². The third kappa shape index (κ3) is 3.48. The van der Waals surface area contributed by atoms with Crippen LogP contribution in [0.5, 0.6) is 0 Å². The van der Waals surface area contributed by atoms with E-state index in [0.717, 1.165) is 43.0 Å². The first-order valence-corrected chi connectivity index (χ1v) is 9.77. The molecule has 0 saturated carbocycles. The van der Waals surface area contributed by atoms with E-state index in [1.54, 1.807) is 11.3 Å². The molecule has 4 rings (SSSR count). The highest BCUT2D eigenvalue weighted by molar-refractivity contribution is 7.17. The Bertz CT molecular complexity index is 652. The fourth-order valence-corrected chi connectivity index (χ4v) is 4.42. The van der Waals surface area contributed by atoms with Gasteiger partial charge in [-0.15, -0.1) is 10.2 Å². The van der Waals surface area contributed by atoms with Crippen LogP contribution in [0.2, 0.25) is 0 Å². The average molecular weight is 347 g/mol. The zero-order chi connectivity index (χ0) is 16.4. The number of piperidine rings is 1. The Kier molecular flexibility index (Phi) is 4.82. The lowest BCUT2D eigenvalue weighted by Crippen LogP contribution is -2.44. The zero-order valence-electron chi connectivity index (χ0n) is 14.4. The number of hydrogen-bond acceptors (Lipinski definition) is 6. The minimum Gasteiger partial charge on any atom is -0.344 e. The molecule has 0 bridgehead atoms. The van der Waals surface area contributed by atoms with Gasteiger partial charge in [-0.3, -0.25) is 9.47 Å². The van der Waals surface area contributed by atoms with Crippen LogP contribution < -0.4 is 4.90 Å². The van der Waals surface area contributed by atoms with Crippen molar-refractivity contribution >= 4 is 16.5 Å². The number of anilines is 1. The van der Waals surface area contributed by atoms with Crippen LogP contribution in [-0.2, 0) is 6.54 Å². The molecule has 0 amide bonds. The van der Waals surface area contributed by atoms with Crippen LogP contribution in [0.25, 0.3) is 5.13 Å². The van der Waals surface area contributed by atoms with Crippen molar-refractivity contribution in [1.29, 1.82) is 0 Å². The van der Waals surface area contributed by atoms with Crippen LogP contribution in [0.4, 0.5) is 5.13 Å². The second-order valence-corrected chi connectivity index (χ2v) is 7.80. The number of likely N-dealkylation sites (N-methyl/N-ethyl adjacent to an activating group) is 1. The van der Waals surface area contributed by atoms with Crippen molar-refractivity contribution in [3.05, 3.63) is 24.0 Å². The number of nitrogens with zero attached hydrogens (tertiary/aromatic N) is 6. The van der Waals surface area contributed by atoms with Gasteiger partial charge in [-0.05, 0) is 45.1 Å². The molecule has 2 saturated heterocycles. The van der Waals surface area contributed by atoms with Gasteiger partial charge in [0.1, 0.15) is 0 Å². The highest BCUT2D eigenvalue weighted by atomic mass is 32.1. The Morgan fingerprint density at radius 1 is 0.958 bits per heavy atom. The molecule has 4 heterocycles. The Morgan fingerprint density at radius 3 is 2.50 bits per heavy atom. The van der Waals surface area contributed by atoms with Crippen molar-refractivity contribution in [3.63, 3.8) is 0 Å². The van der Waals surface area contributed by atoms with Gasteiger partial charge in [0.2, 0.25) is 10.3 Å². The molecule has 0 atom stereocenters. The van der Waals surface area contributed by atoms with E-state index < -0.39 is 0 Å². The summed E-state index contributed by atoms with van der Waals surface area (Å²) in [4.78, 5) is 7.27. The molecule has 0 N–H and O–H groups in total. The third-order valence-corrected chi connectivity index (χ3v) is 6.03. The largest absolute Gasteiger partial charge is 0.344 e. The monoisotopic (exact) mass is 346 g/mol. The Labute approximate surface area is 147 Å². The lowest BCUT2D eigenvalue weighted by atomic mass is 10.1. The van der Waals surface area contributed by atoms with E-state index in [1.165, 1.54) is 38.0 Å². The predicted octanol–water partition coefficient (Wildman–Crippen LogP) is 2.07. The molecule has 2 fully saturated rings. The molecule has 2 aromatic heterocycles. The topological polar surface area (TPSA) is 40.4 Å². The summed E-state index contributed by atoms with van der Waals surface area (Å²) < 4.78 is 2.21. The van der Waals surface area contributed by atoms with Crippen molar-refractivity contribution in [2.45, 2.75) is 25.8 Å². The maximum atomic E-state index is 4.46. The number of piperazine rings is 1. The smallest absolute Gasteiger partial charge is 0.218 e. The first-order chi connectivity index (χ1) is 11.8. The van der Waals surface area contributed by atoms with Gasteiger partial charge in [0.25, 0.3) is 0 Å². The lowest BCUT2D eigenvalue weighted by molar-refractivity contribution is 0.217. The molecule has 6 nitrogen and oxygen atoms in total. The second-order valence-electron chi connectivity index (χ2n) is 6.86. The maximum Gasteiger partial charge on any atom is 0.218 e. The normalized spacial score (nSPS) is 20.6. The highest BCUT2D eigenvalue weighted by Crippen LogP contribution is 2.26. The zero-order valence-corrected chi connectivity index (χ0v) is 15.2. The van der Waals surface area contributed by atoms with Gasteiger partial charge >= 0.3 is 0 Å². The minimum atomic E-state index is 0.987. The second kappa shape index (κ2) is 7.21. The summed E-state index contributed by atoms with van der Waals surface area (Å²) in [7, 11) is 2.18. The quantitative estimate of drug-likeness (QED) is 0.848. The molecule has 130 valence electrons. The van der Waals surface area contributed by atoms with Gasteiger partial charge < -0.3 is 9.80 Å². The average Bonchev–Trinajstić information content (AvgIpc) is 3.25. The maximum absolute atomic E-state index is 4.46. The third-order valence-electron chi connectivity index (χ3n) is 5.05. The summed E-state index contributed by atoms with van der Waals surface area (Å²) in [5.41, 5.74) is 1.32. The number of likely N-dealkylation sites (tertiary alicyclic amines) is 1. The fourth-order valence-electron chi connectivity index (χ4n) is 3.51. The first-order valence-electron chi connectivity index (χ1n) is 8.95. The van der Waals surface area contributed by atoms with E-state index in [2.05, 4.69) is 54.8 Å². The molecular formula is C17H26N6S. The summed E-state index contributed by atoms with van der Waals surface area (Å²) in [6.07, 6.45) is 6.15. The SMILES string of the molecule is CN1CCN(c2nnc(-n3cccc3CN3CCCCC3)s2)CC1. The Balaban J connectivity index is 1.47. The summed E-state index contributed by atoms with van der Waals surface area (Å²) >= 11 is 1.70. The molecule has 0 unspecified atom stereocenters. The molecular weight excluding hydrogens is 320 g/mol. The summed E-state index contributed by atoms with van der Waals surface area (Å²) in [5, 5.41) is 11.0. The predicted molar refractivity (Wildman–Crippen MR) is 98.1 cm³/mol. The van der Waals surface area contributed by atoms with Gasteiger partial charge in [-0.25, -0.2) is 0 Å². The minimum absolute atomic E-state index is 0.987. The molecule has 0 radical (unpaired) electrons. The van der Waals surface area contributed by atoms with Gasteiger partial charge in [0.15, 0.2) is 0 Å². The van der Waals surface area contributed by atoms with Crippen molar-refractivity contribution in [3.8, 4) is 5.13 Å². The van der Waals surface area contributed by atoms with Gasteiger partial charge in [-0.2, -0.15) is 0 Å². The van der Waals surface area contributed by atoms with E-state index in [4.69, 9.17) is 0 Å². The van der Waals surface area contributed by atoms with Crippen LogP contribution in [0.15, 0.2) is 18.3 Å². The van der Waals surface area contributed by atoms with Crippen LogP contribution in [-0.4, -0.2) is 70.9 Å². The Morgan fingerprint density at radius 2 is 1.71 bits per heavy atom. The first kappa shape index (κ1) is 16.1. The van der Waals surface area contributed by atoms with Gasteiger partial charge in [0.05, 0.1) is 0 Å². The van der Waals surface area contributed by atoms with Crippen molar-refractivity contribution in [2.24, 2.45) is 0 Å². The van der Waals surface area contributed by atoms with Gasteiger partial charge in [0, 0.05) is 44.6 Å². The van der Waals surface area contributed by atoms with Crippen molar-refractivity contribution < 1.29 is 0 Å². The molecule has 0 spiro atoms. The molecule has 7 heteroatoms. The molecule has 0 aromatic carbocycles. The van der Waals surface area contributed by atoms with E-state index >= 15 is 0 Å². The summed E-state index contributed by atoms with van der Waals surface area (Å²) in [5.74, 6) is 0. The summed E-state index contributed by atoms with van der Waals surface area (Å²) in [6, 6.07) is 4.34. The standard InChI is InChI=1S/C17H26N6S/c1-20-10-12-22(13-11-20)16-18-19-17(24-16)23-9-5-6-15(23)14-21-7-3-2-4-8-21/h5-6,9H,2-4,7-8,10-14H2,1H3. The lowest BCUT2D eigenvalue weighted by Gasteiger charge is -2.31. The highest BCUT2D eigenvalue weighted by Gasteiger charge is 2.19. The number of aromatic nitrogens is 3. The Hall–Kier alpha value is -1.44. The van der Waals surface area contributed by atoms with Gasteiger partial charge in [-0.1, -0.05) is 17.8 Å². The molecule has 0 aliphatic carbocycles. The van der Waals surface area contributed by atoms with E-state index in [0.29, 0.717) is 0 Å². The van der Waals surface area contributed by atoms with E-state index in [9.17, 15) is 0 Å². The van der Waals surface area contributed by atoms with Crippen molar-refractivity contribution in [2.75, 3.05) is 51.2 Å². The molecule has 24 heavy (non-hydrogen) atoms. The van der Waals surface area contributed by atoms with Crippen LogP contribution in [0.1, 0.15) is 25.0 Å². The molecule has 2 aliphatic heterocycles. The number of hydrogen-bond donors (Lipinski definition) is 0. The fraction of sp³-hybridized carbons (Fsp3) is 0.647. The van der Waals surface area contributed by atoms with Crippen LogP contribution >= 0.6 is 11.3 Å². The molecule has 2 aliphatic rings. The van der Waals surface area contributed by atoms with Crippen molar-refractivity contribution in [1.82, 2.24) is 24.6 Å². The van der Waals surface area contributed by atoms with E-state index in [1.807, 2.05) is 0 Å². The van der Waals surface area contributed by atoms with Crippen LogP contribution in [0.3, 0.4) is 0 Å².